The Morgan fingerprint density at radius 3 is 2.22 bits per heavy atom. The monoisotopic (exact) mass is 354 g/mol. The summed E-state index contributed by atoms with van der Waals surface area (Å²) in [4.78, 5) is 19.3. The molecule has 0 aliphatic carbocycles. The minimum absolute atomic E-state index is 0.0158. The number of hydrogen-bond acceptors (Lipinski definition) is 5. The van der Waals surface area contributed by atoms with Gasteiger partial charge in [0.25, 0.3) is 10.0 Å². The van der Waals surface area contributed by atoms with Gasteiger partial charge in [-0.3, -0.25) is 4.79 Å². The first-order valence-corrected chi connectivity index (χ1v) is 8.63. The van der Waals surface area contributed by atoms with Crippen LogP contribution in [0.3, 0.4) is 0 Å². The van der Waals surface area contributed by atoms with Crippen molar-refractivity contribution in [2.24, 2.45) is 0 Å². The van der Waals surface area contributed by atoms with Crippen molar-refractivity contribution < 1.29 is 13.2 Å². The average Bonchev–Trinajstić information content (AvgIpc) is 2.46. The lowest BCUT2D eigenvalue weighted by Gasteiger charge is -2.09. The number of anilines is 2. The molecule has 1 aromatic heterocycles. The van der Waals surface area contributed by atoms with Crippen LogP contribution in [0, 0.1) is 13.8 Å². The fraction of sp³-hybridized carbons (Fsp3) is 0.214. The van der Waals surface area contributed by atoms with Crippen LogP contribution in [0.15, 0.2) is 35.2 Å². The third-order valence-corrected chi connectivity index (χ3v) is 4.36. The van der Waals surface area contributed by atoms with Crippen molar-refractivity contribution in [2.45, 2.75) is 18.7 Å². The maximum Gasteiger partial charge on any atom is 0.264 e. The summed E-state index contributed by atoms with van der Waals surface area (Å²) < 4.78 is 27.0. The number of carbonyl (C=O) groups excluding carboxylic acids is 1. The van der Waals surface area contributed by atoms with Gasteiger partial charge in [-0.1, -0.05) is 0 Å². The first-order chi connectivity index (χ1) is 10.8. The average molecular weight is 355 g/mol. The Morgan fingerprint density at radius 1 is 1.13 bits per heavy atom. The van der Waals surface area contributed by atoms with E-state index in [2.05, 4.69) is 20.0 Å². The molecule has 0 fully saturated rings. The minimum atomic E-state index is -3.81. The fourth-order valence-electron chi connectivity index (χ4n) is 1.86. The third kappa shape index (κ3) is 4.64. The molecule has 0 unspecified atom stereocenters. The van der Waals surface area contributed by atoms with Crippen LogP contribution in [0.1, 0.15) is 11.4 Å². The number of amides is 1. The quantitative estimate of drug-likeness (QED) is 0.800. The van der Waals surface area contributed by atoms with Crippen LogP contribution in [-0.2, 0) is 14.8 Å². The van der Waals surface area contributed by atoms with E-state index in [9.17, 15) is 13.2 Å². The van der Waals surface area contributed by atoms with E-state index in [0.717, 1.165) is 0 Å². The van der Waals surface area contributed by atoms with E-state index in [1.54, 1.807) is 19.9 Å². The number of nitrogens with zero attached hydrogens (tertiary/aromatic N) is 2. The molecule has 23 heavy (non-hydrogen) atoms. The molecule has 0 radical (unpaired) electrons. The summed E-state index contributed by atoms with van der Waals surface area (Å²) in [7, 11) is -3.81. The van der Waals surface area contributed by atoms with E-state index >= 15 is 0 Å². The largest absolute Gasteiger partial charge is 0.325 e. The van der Waals surface area contributed by atoms with Crippen molar-refractivity contribution in [3.8, 4) is 0 Å². The van der Waals surface area contributed by atoms with E-state index < -0.39 is 10.0 Å². The van der Waals surface area contributed by atoms with E-state index in [1.807, 2.05) is 0 Å². The van der Waals surface area contributed by atoms with Crippen LogP contribution < -0.4 is 10.0 Å². The van der Waals surface area contributed by atoms with Crippen molar-refractivity contribution in [3.05, 3.63) is 41.7 Å². The summed E-state index contributed by atoms with van der Waals surface area (Å²) in [6.45, 7) is 3.50. The summed E-state index contributed by atoms with van der Waals surface area (Å²) in [5, 5.41) is 2.52. The molecule has 0 saturated heterocycles. The molecule has 0 aliphatic rings. The molecule has 7 nitrogen and oxygen atoms in total. The summed E-state index contributed by atoms with van der Waals surface area (Å²) in [6.07, 6.45) is 0. The van der Waals surface area contributed by atoms with Gasteiger partial charge in [0.15, 0.2) is 0 Å². The lowest BCUT2D eigenvalue weighted by atomic mass is 10.3. The Labute approximate surface area is 139 Å². The Kier molecular flexibility index (Phi) is 5.17. The van der Waals surface area contributed by atoms with Gasteiger partial charge in [-0.2, -0.15) is 0 Å². The SMILES string of the molecule is Cc1cc(C)nc(NS(=O)(=O)c2ccc(NC(=O)CCl)cc2)n1. The van der Waals surface area contributed by atoms with Gasteiger partial charge >= 0.3 is 0 Å². The van der Waals surface area contributed by atoms with E-state index in [-0.39, 0.29) is 22.6 Å². The topological polar surface area (TPSA) is 101 Å². The molecule has 9 heteroatoms. The Morgan fingerprint density at radius 2 is 1.70 bits per heavy atom. The van der Waals surface area contributed by atoms with Crippen LogP contribution in [0.4, 0.5) is 11.6 Å². The number of nitrogens with one attached hydrogen (secondary N) is 2. The highest BCUT2D eigenvalue weighted by Gasteiger charge is 2.16. The Bertz CT molecular complexity index is 802. The molecule has 2 rings (SSSR count). The van der Waals surface area contributed by atoms with Gasteiger partial charge in [0.2, 0.25) is 11.9 Å². The molecule has 2 aromatic rings. The van der Waals surface area contributed by atoms with Crippen LogP contribution in [0.5, 0.6) is 0 Å². The molecule has 0 bridgehead atoms. The number of rotatable bonds is 5. The molecule has 122 valence electrons. The lowest BCUT2D eigenvalue weighted by molar-refractivity contribution is -0.113. The molecule has 1 aromatic carbocycles. The Balaban J connectivity index is 2.20. The first-order valence-electron chi connectivity index (χ1n) is 6.61. The van der Waals surface area contributed by atoms with E-state index in [4.69, 9.17) is 11.6 Å². The van der Waals surface area contributed by atoms with Gasteiger partial charge in [-0.15, -0.1) is 11.6 Å². The molecule has 0 atom stereocenters. The third-order valence-electron chi connectivity index (χ3n) is 2.78. The zero-order valence-corrected chi connectivity index (χ0v) is 14.1. The van der Waals surface area contributed by atoms with Crippen LogP contribution in [-0.4, -0.2) is 30.2 Å². The maximum atomic E-state index is 12.3. The van der Waals surface area contributed by atoms with E-state index in [0.29, 0.717) is 17.1 Å². The van der Waals surface area contributed by atoms with Crippen molar-refractivity contribution >= 4 is 39.2 Å². The highest BCUT2D eigenvalue weighted by molar-refractivity contribution is 7.92. The summed E-state index contributed by atoms with van der Waals surface area (Å²) >= 11 is 5.39. The molecular weight excluding hydrogens is 340 g/mol. The number of carbonyl (C=O) groups is 1. The van der Waals surface area contributed by atoms with Crippen LogP contribution >= 0.6 is 11.6 Å². The second-order valence-electron chi connectivity index (χ2n) is 4.79. The molecule has 1 amide bonds. The first kappa shape index (κ1) is 17.2. The number of halogens is 1. The van der Waals surface area contributed by atoms with Gasteiger partial charge in [0.1, 0.15) is 5.88 Å². The number of aromatic nitrogens is 2. The van der Waals surface area contributed by atoms with Gasteiger partial charge < -0.3 is 5.32 Å². The molecular formula is C14H15ClN4O3S. The zero-order valence-electron chi connectivity index (χ0n) is 12.5. The molecule has 2 N–H and O–H groups in total. The number of alkyl halides is 1. The van der Waals surface area contributed by atoms with Gasteiger partial charge in [-0.25, -0.2) is 23.1 Å². The smallest absolute Gasteiger partial charge is 0.264 e. The summed E-state index contributed by atoms with van der Waals surface area (Å²) in [6, 6.07) is 7.43. The Hall–Kier alpha value is -2.19. The minimum Gasteiger partial charge on any atom is -0.325 e. The van der Waals surface area contributed by atoms with Crippen molar-refractivity contribution in [3.63, 3.8) is 0 Å². The standard InChI is InChI=1S/C14H15ClN4O3S/c1-9-7-10(2)17-14(16-9)19-23(21,22)12-5-3-11(4-6-12)18-13(20)8-15/h3-7H,8H2,1-2H3,(H,18,20)(H,16,17,19). The summed E-state index contributed by atoms with van der Waals surface area (Å²) in [5.41, 5.74) is 1.78. The van der Waals surface area contributed by atoms with Crippen molar-refractivity contribution in [1.29, 1.82) is 0 Å². The van der Waals surface area contributed by atoms with Crippen LogP contribution in [0.25, 0.3) is 0 Å². The van der Waals surface area contributed by atoms with Gasteiger partial charge in [0.05, 0.1) is 4.90 Å². The molecule has 0 spiro atoms. The second-order valence-corrected chi connectivity index (χ2v) is 6.74. The highest BCUT2D eigenvalue weighted by Crippen LogP contribution is 2.17. The molecule has 0 aliphatic heterocycles. The van der Waals surface area contributed by atoms with Gasteiger partial charge in [0, 0.05) is 17.1 Å². The van der Waals surface area contributed by atoms with Crippen molar-refractivity contribution in [2.75, 3.05) is 15.9 Å². The van der Waals surface area contributed by atoms with E-state index in [1.165, 1.54) is 24.3 Å². The van der Waals surface area contributed by atoms with Crippen molar-refractivity contribution in [1.82, 2.24) is 9.97 Å². The number of benzene rings is 1. The highest BCUT2D eigenvalue weighted by atomic mass is 35.5. The zero-order chi connectivity index (χ0) is 17.0. The lowest BCUT2D eigenvalue weighted by Crippen LogP contribution is -2.16. The maximum absolute atomic E-state index is 12.3. The van der Waals surface area contributed by atoms with Gasteiger partial charge in [-0.05, 0) is 44.2 Å². The number of hydrogen-bond donors (Lipinski definition) is 2. The number of sulfonamides is 1. The van der Waals surface area contributed by atoms with Crippen LogP contribution in [0.2, 0.25) is 0 Å². The predicted molar refractivity (Wildman–Crippen MR) is 88.1 cm³/mol. The second kappa shape index (κ2) is 6.93. The summed E-state index contributed by atoms with van der Waals surface area (Å²) in [5.74, 6) is -0.530. The molecule has 1 heterocycles. The molecule has 0 saturated carbocycles. The predicted octanol–water partition coefficient (Wildman–Crippen LogP) is 2.07. The number of aryl methyl sites for hydroxylation is 2. The normalized spacial score (nSPS) is 11.1. The fourth-order valence-corrected chi connectivity index (χ4v) is 2.87.